The van der Waals surface area contributed by atoms with Crippen molar-refractivity contribution in [2.24, 2.45) is 5.73 Å². The molecule has 2 heterocycles. The maximum atomic E-state index is 6.09. The largest absolute Gasteiger partial charge is 0.325 e. The molecule has 0 fully saturated rings. The van der Waals surface area contributed by atoms with Crippen LogP contribution in [-0.4, -0.2) is 14.5 Å². The molecule has 0 radical (unpaired) electrons. The first kappa shape index (κ1) is 10.1. The lowest BCUT2D eigenvalue weighted by Crippen LogP contribution is -2.32. The molecular formula is C11H16N4. The summed E-state index contributed by atoms with van der Waals surface area (Å²) >= 11 is 0. The van der Waals surface area contributed by atoms with E-state index in [4.69, 9.17) is 5.73 Å². The van der Waals surface area contributed by atoms with E-state index in [2.05, 4.69) is 21.5 Å². The number of fused-ring (bicyclic) bond motifs is 1. The SMILES string of the molecule is CCn1c(C(C)(C)N)nc2ncccc21. The normalized spacial score (nSPS) is 12.3. The average Bonchev–Trinajstić information content (AvgIpc) is 2.55. The number of imidazole rings is 1. The highest BCUT2D eigenvalue weighted by Gasteiger charge is 2.22. The molecule has 0 aliphatic rings. The molecule has 4 nitrogen and oxygen atoms in total. The standard InChI is InChI=1S/C11H16N4/c1-4-15-8-6-5-7-13-9(8)14-10(15)11(2,3)12/h5-7H,4,12H2,1-3H3. The van der Waals surface area contributed by atoms with Crippen molar-refractivity contribution in [1.29, 1.82) is 0 Å². The molecule has 0 saturated heterocycles. The first-order valence-corrected chi connectivity index (χ1v) is 5.14. The van der Waals surface area contributed by atoms with Gasteiger partial charge in [-0.05, 0) is 32.9 Å². The highest BCUT2D eigenvalue weighted by molar-refractivity contribution is 5.71. The number of pyridine rings is 1. The van der Waals surface area contributed by atoms with Gasteiger partial charge < -0.3 is 10.3 Å². The molecule has 2 rings (SSSR count). The Bertz CT molecular complexity index is 479. The lowest BCUT2D eigenvalue weighted by molar-refractivity contribution is 0.485. The van der Waals surface area contributed by atoms with E-state index in [1.165, 1.54) is 0 Å². The van der Waals surface area contributed by atoms with Gasteiger partial charge in [-0.2, -0.15) is 0 Å². The van der Waals surface area contributed by atoms with E-state index >= 15 is 0 Å². The first-order valence-electron chi connectivity index (χ1n) is 5.14. The molecule has 0 aliphatic carbocycles. The minimum Gasteiger partial charge on any atom is -0.325 e. The smallest absolute Gasteiger partial charge is 0.177 e. The van der Waals surface area contributed by atoms with Crippen LogP contribution in [0.25, 0.3) is 11.2 Å². The van der Waals surface area contributed by atoms with E-state index in [-0.39, 0.29) is 0 Å². The molecule has 0 spiro atoms. The molecule has 0 bridgehead atoms. The van der Waals surface area contributed by atoms with Gasteiger partial charge in [0.2, 0.25) is 0 Å². The number of hydrogen-bond acceptors (Lipinski definition) is 3. The van der Waals surface area contributed by atoms with Crippen molar-refractivity contribution in [3.8, 4) is 0 Å². The summed E-state index contributed by atoms with van der Waals surface area (Å²) in [4.78, 5) is 8.72. The highest BCUT2D eigenvalue weighted by Crippen LogP contribution is 2.21. The van der Waals surface area contributed by atoms with Crippen molar-refractivity contribution in [2.45, 2.75) is 32.9 Å². The first-order chi connectivity index (χ1) is 7.04. The van der Waals surface area contributed by atoms with E-state index in [9.17, 15) is 0 Å². The summed E-state index contributed by atoms with van der Waals surface area (Å²) in [6, 6.07) is 3.94. The summed E-state index contributed by atoms with van der Waals surface area (Å²) in [5.74, 6) is 0.888. The van der Waals surface area contributed by atoms with Crippen LogP contribution in [0.5, 0.6) is 0 Å². The van der Waals surface area contributed by atoms with Crippen LogP contribution < -0.4 is 5.73 Å². The van der Waals surface area contributed by atoms with E-state index in [1.807, 2.05) is 26.0 Å². The fourth-order valence-electron chi connectivity index (χ4n) is 1.77. The van der Waals surface area contributed by atoms with E-state index in [0.29, 0.717) is 0 Å². The van der Waals surface area contributed by atoms with Gasteiger partial charge in [0.1, 0.15) is 5.82 Å². The van der Waals surface area contributed by atoms with Gasteiger partial charge in [-0.3, -0.25) is 0 Å². The third-order valence-corrected chi connectivity index (χ3v) is 2.42. The minimum atomic E-state index is -0.434. The Morgan fingerprint density at radius 3 is 2.80 bits per heavy atom. The van der Waals surface area contributed by atoms with Crippen LogP contribution in [0, 0.1) is 0 Å². The predicted octanol–water partition coefficient (Wildman–Crippen LogP) is 1.65. The minimum absolute atomic E-state index is 0.434. The Labute approximate surface area is 89.1 Å². The van der Waals surface area contributed by atoms with E-state index in [0.717, 1.165) is 23.5 Å². The van der Waals surface area contributed by atoms with Crippen molar-refractivity contribution >= 4 is 11.2 Å². The van der Waals surface area contributed by atoms with Crippen LogP contribution >= 0.6 is 0 Å². The van der Waals surface area contributed by atoms with Crippen molar-refractivity contribution in [3.63, 3.8) is 0 Å². The van der Waals surface area contributed by atoms with Crippen LogP contribution in [0.3, 0.4) is 0 Å². The fourth-order valence-corrected chi connectivity index (χ4v) is 1.77. The molecule has 2 N–H and O–H groups in total. The molecule has 0 saturated carbocycles. The highest BCUT2D eigenvalue weighted by atomic mass is 15.1. The number of nitrogens with zero attached hydrogens (tertiary/aromatic N) is 3. The molecule has 2 aromatic rings. The number of nitrogens with two attached hydrogens (primary N) is 1. The number of aromatic nitrogens is 3. The summed E-state index contributed by atoms with van der Waals surface area (Å²) in [6.45, 7) is 6.86. The van der Waals surface area contributed by atoms with Gasteiger partial charge >= 0.3 is 0 Å². The predicted molar refractivity (Wildman–Crippen MR) is 60.4 cm³/mol. The summed E-state index contributed by atoms with van der Waals surface area (Å²) in [5.41, 5.74) is 7.47. The van der Waals surface area contributed by atoms with E-state index in [1.54, 1.807) is 6.20 Å². The molecule has 0 unspecified atom stereocenters. The maximum Gasteiger partial charge on any atom is 0.177 e. The topological polar surface area (TPSA) is 56.7 Å². The summed E-state index contributed by atoms with van der Waals surface area (Å²) in [5, 5.41) is 0. The van der Waals surface area contributed by atoms with Crippen LogP contribution in [-0.2, 0) is 12.1 Å². The Hall–Kier alpha value is -1.42. The van der Waals surface area contributed by atoms with Gasteiger partial charge in [0.25, 0.3) is 0 Å². The second kappa shape index (κ2) is 3.31. The van der Waals surface area contributed by atoms with Crippen LogP contribution in [0.15, 0.2) is 18.3 Å². The van der Waals surface area contributed by atoms with Crippen LogP contribution in [0.2, 0.25) is 0 Å². The molecule has 0 amide bonds. The quantitative estimate of drug-likeness (QED) is 0.809. The molecule has 0 aliphatic heterocycles. The Balaban J connectivity index is 2.75. The van der Waals surface area contributed by atoms with Crippen molar-refractivity contribution < 1.29 is 0 Å². The molecule has 0 aromatic carbocycles. The van der Waals surface area contributed by atoms with Crippen molar-refractivity contribution in [1.82, 2.24) is 14.5 Å². The molecule has 0 atom stereocenters. The van der Waals surface area contributed by atoms with Crippen LogP contribution in [0.4, 0.5) is 0 Å². The van der Waals surface area contributed by atoms with Crippen LogP contribution in [0.1, 0.15) is 26.6 Å². The number of rotatable bonds is 2. The van der Waals surface area contributed by atoms with Crippen molar-refractivity contribution in [2.75, 3.05) is 0 Å². The third kappa shape index (κ3) is 1.61. The molecule has 2 aromatic heterocycles. The van der Waals surface area contributed by atoms with Gasteiger partial charge in [-0.1, -0.05) is 0 Å². The van der Waals surface area contributed by atoms with Gasteiger partial charge in [0.05, 0.1) is 11.1 Å². The van der Waals surface area contributed by atoms with Gasteiger partial charge in [-0.15, -0.1) is 0 Å². The number of hydrogen-bond donors (Lipinski definition) is 1. The zero-order chi connectivity index (χ0) is 11.1. The second-order valence-electron chi connectivity index (χ2n) is 4.25. The summed E-state index contributed by atoms with van der Waals surface area (Å²) < 4.78 is 2.11. The molecular weight excluding hydrogens is 188 g/mol. The molecule has 4 heteroatoms. The Kier molecular flexibility index (Phi) is 2.23. The zero-order valence-corrected chi connectivity index (χ0v) is 9.36. The van der Waals surface area contributed by atoms with Gasteiger partial charge in [0.15, 0.2) is 5.65 Å². The monoisotopic (exact) mass is 204 g/mol. The maximum absolute atomic E-state index is 6.09. The lowest BCUT2D eigenvalue weighted by atomic mass is 10.1. The van der Waals surface area contributed by atoms with Gasteiger partial charge in [-0.25, -0.2) is 9.97 Å². The second-order valence-corrected chi connectivity index (χ2v) is 4.25. The summed E-state index contributed by atoms with van der Waals surface area (Å²) in [7, 11) is 0. The van der Waals surface area contributed by atoms with E-state index < -0.39 is 5.54 Å². The zero-order valence-electron chi connectivity index (χ0n) is 9.36. The van der Waals surface area contributed by atoms with Gasteiger partial charge in [0, 0.05) is 12.7 Å². The Morgan fingerprint density at radius 1 is 1.47 bits per heavy atom. The van der Waals surface area contributed by atoms with Crippen molar-refractivity contribution in [3.05, 3.63) is 24.2 Å². The number of aryl methyl sites for hydroxylation is 1. The lowest BCUT2D eigenvalue weighted by Gasteiger charge is -2.19. The molecule has 80 valence electrons. The molecule has 15 heavy (non-hydrogen) atoms. The summed E-state index contributed by atoms with van der Waals surface area (Å²) in [6.07, 6.45) is 1.75. The average molecular weight is 204 g/mol. The third-order valence-electron chi connectivity index (χ3n) is 2.42. The Morgan fingerprint density at radius 2 is 2.20 bits per heavy atom. The fraction of sp³-hybridized carbons (Fsp3) is 0.455.